The third-order valence-electron chi connectivity index (χ3n) is 14.6. The summed E-state index contributed by atoms with van der Waals surface area (Å²) in [6.45, 7) is 9.13. The summed E-state index contributed by atoms with van der Waals surface area (Å²) in [4.78, 5) is 0. The van der Waals surface area contributed by atoms with Gasteiger partial charge in [0, 0.05) is 0 Å². The fraction of sp³-hybridized carbons (Fsp3) is 0.0526. The van der Waals surface area contributed by atoms with E-state index in [9.17, 15) is 0 Å². The van der Waals surface area contributed by atoms with E-state index < -0.39 is 31.7 Å². The van der Waals surface area contributed by atoms with Crippen LogP contribution >= 0.6 is 41.4 Å². The van der Waals surface area contributed by atoms with Gasteiger partial charge in [0.2, 0.25) is 0 Å². The summed E-state index contributed by atoms with van der Waals surface area (Å²) in [6, 6.07) is 116. The molecule has 0 saturated heterocycles. The zero-order valence-electron chi connectivity index (χ0n) is 46.5. The number of rotatable bonds is 14. The van der Waals surface area contributed by atoms with Gasteiger partial charge in [-0.1, -0.05) is 315 Å². The average molecular weight is 1240 g/mol. The van der Waals surface area contributed by atoms with Crippen molar-refractivity contribution in [3.63, 3.8) is 0 Å². The molecule has 0 fully saturated rings. The zero-order valence-corrected chi connectivity index (χ0v) is 52.6. The Morgan fingerprint density at radius 1 is 0.183 bits per heavy atom. The van der Waals surface area contributed by atoms with E-state index in [4.69, 9.17) is 0 Å². The van der Waals surface area contributed by atoms with Crippen molar-refractivity contribution in [1.82, 2.24) is 0 Å². The van der Waals surface area contributed by atoms with Crippen LogP contribution in [0.3, 0.4) is 0 Å². The molecule has 0 aliphatic heterocycles. The van der Waals surface area contributed by atoms with Crippen molar-refractivity contribution >= 4 is 105 Å². The Hall–Kier alpha value is -6.73. The van der Waals surface area contributed by atoms with Crippen molar-refractivity contribution in [2.24, 2.45) is 0 Å². The summed E-state index contributed by atoms with van der Waals surface area (Å²) in [7, 11) is 1.56. The van der Waals surface area contributed by atoms with Gasteiger partial charge in [0.05, 0.1) is 0 Å². The van der Waals surface area contributed by atoms with E-state index in [0.717, 1.165) is 0 Å². The van der Waals surface area contributed by atoms with Crippen LogP contribution in [0.4, 0.5) is 0 Å². The molecular formula is C76H64ClP4Ru. The van der Waals surface area contributed by atoms with Crippen molar-refractivity contribution in [2.75, 3.05) is 0 Å². The minimum atomic E-state index is -0.752. The van der Waals surface area contributed by atoms with Gasteiger partial charge in [-0.2, -0.15) is 0 Å². The van der Waals surface area contributed by atoms with Gasteiger partial charge in [-0.05, 0) is 168 Å². The summed E-state index contributed by atoms with van der Waals surface area (Å²) in [6.07, 6.45) is 0. The predicted molar refractivity (Wildman–Crippen MR) is 363 cm³/mol. The molecule has 0 aromatic heterocycles. The second kappa shape index (κ2) is 29.0. The second-order valence-electron chi connectivity index (χ2n) is 19.9. The molecule has 12 aromatic rings. The third kappa shape index (κ3) is 13.4. The molecule has 0 bridgehead atoms. The molecule has 0 nitrogen and oxygen atoms in total. The molecular weight excluding hydrogens is 1170 g/mol. The zero-order chi connectivity index (χ0) is 56.6. The van der Waals surface area contributed by atoms with Gasteiger partial charge in [-0.15, -0.1) is 0 Å². The SMILES string of the molecule is Cc1cccc(P(c2ccccc2)c2ccccc2)c1-c1c(C)cccc1P(c1ccccc1)c1ccccc1.Cc1cccc(P(c2ccccc2)c2ccccc2)c1-c1c(C)cccc1P(c1ccccc1)c1ccccc1.[Cl][Ru]. The van der Waals surface area contributed by atoms with E-state index in [0.29, 0.717) is 0 Å². The van der Waals surface area contributed by atoms with E-state index >= 15 is 0 Å². The summed E-state index contributed by atoms with van der Waals surface area (Å²) < 4.78 is 0. The van der Waals surface area contributed by atoms with Gasteiger partial charge in [0.25, 0.3) is 0 Å². The molecule has 12 aromatic carbocycles. The van der Waals surface area contributed by atoms with E-state index in [1.54, 1.807) is 0 Å². The minimum absolute atomic E-state index is 0.752. The molecule has 0 aliphatic carbocycles. The molecule has 0 N–H and O–H groups in total. The van der Waals surface area contributed by atoms with Crippen LogP contribution in [-0.4, -0.2) is 0 Å². The van der Waals surface area contributed by atoms with E-state index in [-0.39, 0.29) is 0 Å². The van der Waals surface area contributed by atoms with Crippen LogP contribution in [0.15, 0.2) is 315 Å². The van der Waals surface area contributed by atoms with Gasteiger partial charge in [0.15, 0.2) is 0 Å². The summed E-state index contributed by atoms with van der Waals surface area (Å²) in [5.74, 6) is 0. The Morgan fingerprint density at radius 2 is 0.317 bits per heavy atom. The number of aryl methyl sites for hydroxylation is 4. The van der Waals surface area contributed by atoms with Gasteiger partial charge < -0.3 is 0 Å². The maximum absolute atomic E-state index is 4.57. The molecule has 0 heterocycles. The molecule has 0 unspecified atom stereocenters. The first kappa shape index (κ1) is 58.5. The molecule has 403 valence electrons. The molecule has 0 amide bonds. The van der Waals surface area contributed by atoms with Crippen molar-refractivity contribution in [3.05, 3.63) is 338 Å². The van der Waals surface area contributed by atoms with Gasteiger partial charge in [-0.3, -0.25) is 0 Å². The van der Waals surface area contributed by atoms with Crippen LogP contribution in [0.1, 0.15) is 22.3 Å². The molecule has 0 spiro atoms. The first-order chi connectivity index (χ1) is 40.4. The molecule has 82 heavy (non-hydrogen) atoms. The maximum atomic E-state index is 4.57. The molecule has 6 heteroatoms. The topological polar surface area (TPSA) is 0 Å². The molecule has 0 radical (unpaired) electrons. The number of hydrogen-bond donors (Lipinski definition) is 0. The number of hydrogen-bond acceptors (Lipinski definition) is 0. The van der Waals surface area contributed by atoms with E-state index in [1.807, 2.05) is 17.3 Å². The van der Waals surface area contributed by atoms with Crippen molar-refractivity contribution < 1.29 is 17.3 Å². The predicted octanol–water partition coefficient (Wildman–Crippen LogP) is 15.7. The molecule has 12 rings (SSSR count). The molecule has 0 aliphatic rings. The summed E-state index contributed by atoms with van der Waals surface area (Å²) in [5.41, 5.74) is 10.8. The van der Waals surface area contributed by atoms with Crippen LogP contribution in [0.2, 0.25) is 0 Å². The number of halogens is 1. The van der Waals surface area contributed by atoms with Gasteiger partial charge in [0.1, 0.15) is 0 Å². The summed E-state index contributed by atoms with van der Waals surface area (Å²) >= 11 is 1.82. The second-order valence-corrected chi connectivity index (χ2v) is 28.6. The fourth-order valence-electron chi connectivity index (χ4n) is 11.0. The Balaban J connectivity index is 0.000000178. The van der Waals surface area contributed by atoms with Gasteiger partial charge in [-0.25, -0.2) is 0 Å². The van der Waals surface area contributed by atoms with Crippen LogP contribution in [-0.2, 0) is 17.3 Å². The van der Waals surface area contributed by atoms with Crippen LogP contribution < -0.4 is 63.7 Å². The summed E-state index contributed by atoms with van der Waals surface area (Å²) in [5, 5.41) is 16.7. The van der Waals surface area contributed by atoms with Gasteiger partial charge >= 0.3 is 27.0 Å². The van der Waals surface area contributed by atoms with Crippen molar-refractivity contribution in [2.45, 2.75) is 27.7 Å². The first-order valence-electron chi connectivity index (χ1n) is 27.6. The Kier molecular flexibility index (Phi) is 20.7. The standard InChI is InChI=1S/2C38H32P2.ClH.Ru/c2*1-29-17-15-27-35(39(31-19-7-3-8-20-31)32-21-9-4-10-22-32)37(29)38-30(2)18-16-28-36(38)40(33-23-11-5-12-24-33)34-25-13-6-14-26-34;;/h2*3-28H,1-2H3;1H;/q;;;+1/p-1. The van der Waals surface area contributed by atoms with Crippen LogP contribution in [0.25, 0.3) is 22.3 Å². The first-order valence-corrected chi connectivity index (χ1v) is 35.2. The van der Waals surface area contributed by atoms with E-state index in [1.165, 1.54) is 108 Å². The third-order valence-corrected chi connectivity index (χ3v) is 24.5. The van der Waals surface area contributed by atoms with Crippen LogP contribution in [0.5, 0.6) is 0 Å². The Bertz CT molecular complexity index is 3250. The monoisotopic (exact) mass is 1240 g/mol. The Morgan fingerprint density at radius 3 is 0.451 bits per heavy atom. The Labute approximate surface area is 506 Å². The normalized spacial score (nSPS) is 11.0. The quantitative estimate of drug-likeness (QED) is 0.0752. The van der Waals surface area contributed by atoms with E-state index in [2.05, 4.69) is 353 Å². The van der Waals surface area contributed by atoms with Crippen LogP contribution in [0, 0.1) is 27.7 Å². The molecule has 0 atom stereocenters. The number of benzene rings is 12. The fourth-order valence-corrected chi connectivity index (χ4v) is 21.1. The average Bonchev–Trinajstić information content (AvgIpc) is 3.12. The molecule has 0 saturated carbocycles. The van der Waals surface area contributed by atoms with Crippen molar-refractivity contribution in [1.29, 1.82) is 0 Å². The van der Waals surface area contributed by atoms with Crippen molar-refractivity contribution in [3.8, 4) is 22.3 Å².